The van der Waals surface area contributed by atoms with Crippen LogP contribution in [0.1, 0.15) is 36.0 Å². The summed E-state index contributed by atoms with van der Waals surface area (Å²) in [6.07, 6.45) is 5.33. The first-order chi connectivity index (χ1) is 12.0. The predicted octanol–water partition coefficient (Wildman–Crippen LogP) is 4.63. The molecular weight excluding hydrogens is 306 g/mol. The Balaban J connectivity index is 2.10. The van der Waals surface area contributed by atoms with Gasteiger partial charge in [0.1, 0.15) is 5.60 Å². The highest BCUT2D eigenvalue weighted by Gasteiger charge is 2.44. The van der Waals surface area contributed by atoms with Gasteiger partial charge in [-0.2, -0.15) is 0 Å². The van der Waals surface area contributed by atoms with Crippen molar-refractivity contribution in [3.63, 3.8) is 0 Å². The smallest absolute Gasteiger partial charge is 0.115 e. The molecule has 2 aromatic carbocycles. The van der Waals surface area contributed by atoms with Gasteiger partial charge in [0, 0.05) is 12.5 Å². The molecule has 1 N–H and O–H groups in total. The molecule has 2 atom stereocenters. The summed E-state index contributed by atoms with van der Waals surface area (Å²) in [4.78, 5) is 2.19. The molecule has 1 fully saturated rings. The molecule has 1 aliphatic carbocycles. The maximum Gasteiger partial charge on any atom is 0.115 e. The molecule has 0 spiro atoms. The highest BCUT2D eigenvalue weighted by Crippen LogP contribution is 2.46. The molecule has 0 radical (unpaired) electrons. The van der Waals surface area contributed by atoms with Crippen LogP contribution in [0.5, 0.6) is 0 Å². The minimum atomic E-state index is -0.898. The molecule has 132 valence electrons. The van der Waals surface area contributed by atoms with Crippen molar-refractivity contribution in [2.75, 3.05) is 20.6 Å². The van der Waals surface area contributed by atoms with Gasteiger partial charge in [-0.05, 0) is 57.0 Å². The van der Waals surface area contributed by atoms with Crippen molar-refractivity contribution >= 4 is 6.08 Å². The summed E-state index contributed by atoms with van der Waals surface area (Å²) in [5, 5.41) is 12.0. The molecule has 1 saturated carbocycles. The molecule has 2 heteroatoms. The van der Waals surface area contributed by atoms with Crippen molar-refractivity contribution < 1.29 is 5.11 Å². The fourth-order valence-corrected chi connectivity index (χ4v) is 4.10. The zero-order chi connectivity index (χ0) is 17.9. The molecular formula is C23H29NO. The summed E-state index contributed by atoms with van der Waals surface area (Å²) in [5.74, 6) is 0.202. The normalized spacial score (nSPS) is 25.5. The molecule has 0 amide bonds. The van der Waals surface area contributed by atoms with E-state index in [4.69, 9.17) is 0 Å². The molecule has 0 heterocycles. The lowest BCUT2D eigenvalue weighted by Gasteiger charge is -2.44. The van der Waals surface area contributed by atoms with Crippen LogP contribution in [0.4, 0.5) is 0 Å². The number of rotatable bonds is 4. The molecule has 0 saturated heterocycles. The summed E-state index contributed by atoms with van der Waals surface area (Å²) < 4.78 is 0. The summed E-state index contributed by atoms with van der Waals surface area (Å²) in [6, 6.07) is 18.7. The van der Waals surface area contributed by atoms with Crippen LogP contribution in [0, 0.1) is 12.8 Å². The monoisotopic (exact) mass is 335 g/mol. The van der Waals surface area contributed by atoms with E-state index in [-0.39, 0.29) is 5.92 Å². The second-order valence-electron chi connectivity index (χ2n) is 7.57. The van der Waals surface area contributed by atoms with Crippen molar-refractivity contribution in [1.29, 1.82) is 0 Å². The fourth-order valence-electron chi connectivity index (χ4n) is 4.10. The van der Waals surface area contributed by atoms with E-state index in [1.165, 1.54) is 5.56 Å². The highest BCUT2D eigenvalue weighted by molar-refractivity contribution is 5.57. The maximum atomic E-state index is 12.0. The molecule has 2 unspecified atom stereocenters. The fraction of sp³-hybridized carbons (Fsp3) is 0.391. The quantitative estimate of drug-likeness (QED) is 0.881. The third kappa shape index (κ3) is 3.86. The second-order valence-corrected chi connectivity index (χ2v) is 7.57. The maximum absolute atomic E-state index is 12.0. The van der Waals surface area contributed by atoms with Crippen LogP contribution in [-0.2, 0) is 5.60 Å². The highest BCUT2D eigenvalue weighted by atomic mass is 16.3. The van der Waals surface area contributed by atoms with Crippen LogP contribution < -0.4 is 0 Å². The lowest BCUT2D eigenvalue weighted by atomic mass is 9.67. The van der Waals surface area contributed by atoms with Gasteiger partial charge in [-0.1, -0.05) is 66.2 Å². The number of benzene rings is 2. The second kappa shape index (κ2) is 7.55. The van der Waals surface area contributed by atoms with Gasteiger partial charge >= 0.3 is 0 Å². The van der Waals surface area contributed by atoms with Gasteiger partial charge in [-0.25, -0.2) is 0 Å². The van der Waals surface area contributed by atoms with E-state index in [1.54, 1.807) is 0 Å². The van der Waals surface area contributed by atoms with Crippen molar-refractivity contribution in [3.8, 4) is 0 Å². The van der Waals surface area contributed by atoms with E-state index in [2.05, 4.69) is 80.5 Å². The van der Waals surface area contributed by atoms with Crippen LogP contribution in [0.2, 0.25) is 0 Å². The third-order valence-electron chi connectivity index (χ3n) is 5.26. The van der Waals surface area contributed by atoms with Crippen molar-refractivity contribution in [3.05, 3.63) is 76.9 Å². The van der Waals surface area contributed by atoms with Gasteiger partial charge in [0.15, 0.2) is 0 Å². The minimum absolute atomic E-state index is 0.202. The summed E-state index contributed by atoms with van der Waals surface area (Å²) in [7, 11) is 4.18. The number of aliphatic hydroxyl groups is 1. The first-order valence-corrected chi connectivity index (χ1v) is 9.20. The van der Waals surface area contributed by atoms with E-state index in [1.807, 2.05) is 6.07 Å². The topological polar surface area (TPSA) is 23.5 Å². The van der Waals surface area contributed by atoms with Crippen LogP contribution in [0.15, 0.2) is 60.2 Å². The van der Waals surface area contributed by atoms with E-state index in [0.29, 0.717) is 0 Å². The minimum Gasteiger partial charge on any atom is -0.380 e. The zero-order valence-electron chi connectivity index (χ0n) is 15.6. The summed E-state index contributed by atoms with van der Waals surface area (Å²) in [6.45, 7) is 2.98. The Bertz CT molecular complexity index is 735. The zero-order valence-corrected chi connectivity index (χ0v) is 15.6. The summed E-state index contributed by atoms with van der Waals surface area (Å²) in [5.41, 5.74) is 3.63. The first-order valence-electron chi connectivity index (χ1n) is 9.20. The van der Waals surface area contributed by atoms with Crippen LogP contribution in [0.3, 0.4) is 0 Å². The van der Waals surface area contributed by atoms with Gasteiger partial charge < -0.3 is 10.0 Å². The van der Waals surface area contributed by atoms with Crippen molar-refractivity contribution in [2.45, 2.75) is 31.8 Å². The van der Waals surface area contributed by atoms with Gasteiger partial charge in [0.25, 0.3) is 0 Å². The van der Waals surface area contributed by atoms with Gasteiger partial charge in [0.2, 0.25) is 0 Å². The van der Waals surface area contributed by atoms with Crippen molar-refractivity contribution in [1.82, 2.24) is 4.90 Å². The van der Waals surface area contributed by atoms with E-state index in [9.17, 15) is 5.11 Å². The lowest BCUT2D eigenvalue weighted by Crippen LogP contribution is -2.44. The number of hydrogen-bond acceptors (Lipinski definition) is 2. The van der Waals surface area contributed by atoms with Gasteiger partial charge in [0.05, 0.1) is 0 Å². The molecule has 2 nitrogen and oxygen atoms in total. The van der Waals surface area contributed by atoms with Gasteiger partial charge in [-0.15, -0.1) is 0 Å². The molecule has 3 rings (SSSR count). The number of nitrogens with zero attached hydrogens (tertiary/aromatic N) is 1. The lowest BCUT2D eigenvalue weighted by molar-refractivity contribution is -0.0174. The average Bonchev–Trinajstić information content (AvgIpc) is 2.59. The third-order valence-corrected chi connectivity index (χ3v) is 5.26. The van der Waals surface area contributed by atoms with Crippen LogP contribution in [-0.4, -0.2) is 30.6 Å². The van der Waals surface area contributed by atoms with Crippen molar-refractivity contribution in [2.24, 2.45) is 5.92 Å². The Morgan fingerprint density at radius 2 is 1.88 bits per heavy atom. The van der Waals surface area contributed by atoms with Gasteiger partial charge in [-0.3, -0.25) is 0 Å². The van der Waals surface area contributed by atoms with E-state index >= 15 is 0 Å². The molecule has 2 aromatic rings. The predicted molar refractivity (Wildman–Crippen MR) is 105 cm³/mol. The van der Waals surface area contributed by atoms with Crippen LogP contribution in [0.25, 0.3) is 6.08 Å². The number of aryl methyl sites for hydroxylation is 1. The first kappa shape index (κ1) is 17.9. The molecule has 0 bridgehead atoms. The Morgan fingerprint density at radius 3 is 2.56 bits per heavy atom. The molecule has 0 aromatic heterocycles. The van der Waals surface area contributed by atoms with Crippen LogP contribution >= 0.6 is 0 Å². The standard InChI is InChI=1S/C23H29NO/c1-18-9-7-12-20(15-18)23(25)21(16-19-10-5-4-6-11-19)13-8-14-22(23)17-24(2)3/h4-7,9-12,15-16,22,25H,8,13-14,17H2,1-3H3. The molecule has 25 heavy (non-hydrogen) atoms. The van der Waals surface area contributed by atoms with E-state index in [0.717, 1.165) is 42.5 Å². The Morgan fingerprint density at radius 1 is 1.12 bits per heavy atom. The molecule has 0 aliphatic heterocycles. The van der Waals surface area contributed by atoms with E-state index < -0.39 is 5.60 Å². The summed E-state index contributed by atoms with van der Waals surface area (Å²) >= 11 is 0. The SMILES string of the molecule is Cc1cccc(C2(O)C(=Cc3ccccc3)CCCC2CN(C)C)c1. The number of hydrogen-bond donors (Lipinski definition) is 1. The Hall–Kier alpha value is -1.90. The molecule has 1 aliphatic rings. The Labute approximate surface area is 151 Å². The average molecular weight is 335 g/mol. The Kier molecular flexibility index (Phi) is 5.41. The largest absolute Gasteiger partial charge is 0.380 e.